The van der Waals surface area contributed by atoms with E-state index in [0.29, 0.717) is 0 Å². The molecule has 0 saturated heterocycles. The van der Waals surface area contributed by atoms with Crippen LogP contribution in [0.5, 0.6) is 0 Å². The first-order chi connectivity index (χ1) is 12.9. The van der Waals surface area contributed by atoms with Gasteiger partial charge in [-0.1, -0.05) is 18.2 Å². The Morgan fingerprint density at radius 1 is 0.536 bits per heavy atom. The van der Waals surface area contributed by atoms with Gasteiger partial charge in [0, 0.05) is 18.6 Å². The van der Waals surface area contributed by atoms with E-state index in [-0.39, 0.29) is 34.4 Å². The normalized spacial score (nSPS) is 8.57. The van der Waals surface area contributed by atoms with Gasteiger partial charge in [0.15, 0.2) is 0 Å². The van der Waals surface area contributed by atoms with Crippen molar-refractivity contribution >= 4 is 17.9 Å². The molecule has 0 N–H and O–H groups in total. The first-order valence-corrected chi connectivity index (χ1v) is 7.29. The molecule has 0 spiro atoms. The molecule has 3 aromatic heterocycles. The Morgan fingerprint density at radius 2 is 0.786 bits per heavy atom. The van der Waals surface area contributed by atoms with Gasteiger partial charge in [-0.15, -0.1) is 0 Å². The molecule has 3 heterocycles. The van der Waals surface area contributed by atoms with Gasteiger partial charge in [-0.05, 0) is 36.4 Å². The van der Waals surface area contributed by atoms with E-state index in [2.05, 4.69) is 15.0 Å². The predicted molar refractivity (Wildman–Crippen MR) is 85.7 cm³/mol. The second-order valence-corrected chi connectivity index (χ2v) is 4.51. The molecule has 0 aliphatic rings. The number of carboxylic acids is 3. The van der Waals surface area contributed by atoms with Crippen molar-refractivity contribution in [3.8, 4) is 0 Å². The van der Waals surface area contributed by atoms with Crippen molar-refractivity contribution in [2.75, 3.05) is 0 Å². The molecule has 0 fully saturated rings. The molecule has 9 nitrogen and oxygen atoms in total. The number of rotatable bonds is 3. The number of aromatic carboxylic acids is 3. The number of carboxylic acid groups (broad SMARTS) is 3. The first kappa shape index (κ1) is 24.4. The van der Waals surface area contributed by atoms with Crippen molar-refractivity contribution in [1.29, 1.82) is 0 Å². The largest absolute Gasteiger partial charge is 2.00 e. The molecule has 3 rings (SSSR count). The molecular weight excluding hydrogens is 406 g/mol. The molecule has 0 aromatic carbocycles. The summed E-state index contributed by atoms with van der Waals surface area (Å²) in [6.07, 6.45) is 4.22. The molecule has 0 aliphatic carbocycles. The number of hydrogen-bond acceptors (Lipinski definition) is 9. The van der Waals surface area contributed by atoms with Crippen LogP contribution in [0.2, 0.25) is 0 Å². The fourth-order valence-corrected chi connectivity index (χ4v) is 1.45. The molecular formula is C18H12CrN3O6-. The van der Waals surface area contributed by atoms with Crippen molar-refractivity contribution in [2.45, 2.75) is 0 Å². The monoisotopic (exact) mass is 418 g/mol. The van der Waals surface area contributed by atoms with Crippen LogP contribution in [0.1, 0.15) is 31.5 Å². The molecule has 0 saturated carbocycles. The minimum absolute atomic E-state index is 0. The number of carbonyl (C=O) groups is 3. The van der Waals surface area contributed by atoms with E-state index in [1.54, 1.807) is 36.4 Å². The summed E-state index contributed by atoms with van der Waals surface area (Å²) in [4.78, 5) is 40.6. The number of aromatic nitrogens is 3. The third-order valence-electron chi connectivity index (χ3n) is 2.62. The maximum atomic E-state index is 10.0. The van der Waals surface area contributed by atoms with Gasteiger partial charge in [0.25, 0.3) is 0 Å². The number of hydrogen-bond donors (Lipinski definition) is 0. The van der Waals surface area contributed by atoms with Crippen LogP contribution in [-0.2, 0) is 17.4 Å². The maximum Gasteiger partial charge on any atom is 2.00 e. The zero-order valence-corrected chi connectivity index (χ0v) is 15.4. The van der Waals surface area contributed by atoms with E-state index < -0.39 is 17.9 Å². The van der Waals surface area contributed by atoms with E-state index in [9.17, 15) is 29.7 Å². The Morgan fingerprint density at radius 3 is 0.893 bits per heavy atom. The van der Waals surface area contributed by atoms with Gasteiger partial charge in [-0.25, -0.2) is 0 Å². The Balaban J connectivity index is 0.000000384. The van der Waals surface area contributed by atoms with Crippen LogP contribution in [0.15, 0.2) is 73.2 Å². The molecule has 0 aliphatic heterocycles. The van der Waals surface area contributed by atoms with Crippen molar-refractivity contribution in [1.82, 2.24) is 15.0 Å². The third-order valence-corrected chi connectivity index (χ3v) is 2.62. The second kappa shape index (κ2) is 13.6. The summed E-state index contributed by atoms with van der Waals surface area (Å²) in [7, 11) is 0. The maximum absolute atomic E-state index is 10.0. The van der Waals surface area contributed by atoms with Gasteiger partial charge in [-0.2, -0.15) is 0 Å². The van der Waals surface area contributed by atoms with Gasteiger partial charge in [-0.3, -0.25) is 15.0 Å². The minimum Gasteiger partial charge on any atom is -0.543 e. The predicted octanol–water partition coefficient (Wildman–Crippen LogP) is -1.67. The van der Waals surface area contributed by atoms with E-state index in [1.807, 2.05) is 0 Å². The average molecular weight is 418 g/mol. The van der Waals surface area contributed by atoms with Crippen LogP contribution in [-0.4, -0.2) is 32.9 Å². The number of carbonyl (C=O) groups excluding carboxylic acids is 3. The smallest absolute Gasteiger partial charge is 0.543 e. The summed E-state index contributed by atoms with van der Waals surface area (Å²) in [5.41, 5.74) is -0.0903. The Kier molecular flexibility index (Phi) is 11.8. The van der Waals surface area contributed by atoms with Crippen LogP contribution in [0.4, 0.5) is 0 Å². The van der Waals surface area contributed by atoms with Gasteiger partial charge < -0.3 is 29.7 Å². The van der Waals surface area contributed by atoms with Crippen LogP contribution in [0.3, 0.4) is 0 Å². The van der Waals surface area contributed by atoms with Crippen molar-refractivity contribution < 1.29 is 47.1 Å². The SMILES string of the molecule is O=C([O-])c1ccccn1.O=C([O-])c1ccccn1.O=C([O-])c1ccccn1.[Cr+2]. The van der Waals surface area contributed by atoms with Crippen LogP contribution in [0, 0.1) is 0 Å². The van der Waals surface area contributed by atoms with Gasteiger partial charge in [0.1, 0.15) is 0 Å². The van der Waals surface area contributed by atoms with E-state index >= 15 is 0 Å². The summed E-state index contributed by atoms with van der Waals surface area (Å²) in [5.74, 6) is -3.72. The zero-order valence-electron chi connectivity index (χ0n) is 14.1. The minimum atomic E-state index is -1.24. The van der Waals surface area contributed by atoms with E-state index in [0.717, 1.165) is 0 Å². The summed E-state index contributed by atoms with van der Waals surface area (Å²) in [6.45, 7) is 0. The Hall–Kier alpha value is -3.61. The Labute approximate surface area is 170 Å². The van der Waals surface area contributed by atoms with E-state index in [1.165, 1.54) is 36.8 Å². The fraction of sp³-hybridized carbons (Fsp3) is 0. The second-order valence-electron chi connectivity index (χ2n) is 4.51. The van der Waals surface area contributed by atoms with Crippen molar-refractivity contribution in [3.63, 3.8) is 0 Å². The molecule has 0 bridgehead atoms. The summed E-state index contributed by atoms with van der Waals surface area (Å²) in [5, 5.41) is 30.1. The van der Waals surface area contributed by atoms with E-state index in [4.69, 9.17) is 0 Å². The first-order valence-electron chi connectivity index (χ1n) is 7.29. The fourth-order valence-electron chi connectivity index (χ4n) is 1.45. The topological polar surface area (TPSA) is 159 Å². The summed E-state index contributed by atoms with van der Waals surface area (Å²) >= 11 is 0. The molecule has 142 valence electrons. The quantitative estimate of drug-likeness (QED) is 0.485. The molecule has 0 atom stereocenters. The summed E-state index contributed by atoms with van der Waals surface area (Å²) < 4.78 is 0. The molecule has 3 aromatic rings. The number of nitrogens with zero attached hydrogens (tertiary/aromatic N) is 3. The molecule has 0 amide bonds. The average Bonchev–Trinajstić information content (AvgIpc) is 2.71. The van der Waals surface area contributed by atoms with Gasteiger partial charge in [0.05, 0.1) is 35.0 Å². The number of pyridine rings is 3. The van der Waals surface area contributed by atoms with Crippen LogP contribution < -0.4 is 15.3 Å². The summed E-state index contributed by atoms with van der Waals surface area (Å²) in [6, 6.07) is 13.9. The Bertz CT molecular complexity index is 747. The third kappa shape index (κ3) is 9.77. The molecule has 28 heavy (non-hydrogen) atoms. The van der Waals surface area contributed by atoms with Crippen molar-refractivity contribution in [3.05, 3.63) is 90.3 Å². The van der Waals surface area contributed by atoms with Crippen LogP contribution in [0.25, 0.3) is 0 Å². The molecule has 0 radical (unpaired) electrons. The molecule has 0 unspecified atom stereocenters. The van der Waals surface area contributed by atoms with Crippen LogP contribution >= 0.6 is 0 Å². The standard InChI is InChI=1S/3C6H5NO2.Cr/c3*8-6(9)5-3-1-2-4-7-5;/h3*1-4H,(H,8,9);/q;;;+2/p-3. The molecule has 10 heteroatoms. The van der Waals surface area contributed by atoms with Gasteiger partial charge in [0.2, 0.25) is 0 Å². The van der Waals surface area contributed by atoms with Gasteiger partial charge >= 0.3 is 17.4 Å². The zero-order chi connectivity index (χ0) is 20.1. The van der Waals surface area contributed by atoms with Crippen molar-refractivity contribution in [2.24, 2.45) is 0 Å².